The van der Waals surface area contributed by atoms with Crippen LogP contribution in [0, 0.1) is 74.1 Å². The number of sulfonamides is 5. The van der Waals surface area contributed by atoms with E-state index in [0.29, 0.717) is 82.6 Å². The number of rotatable bonds is 22. The van der Waals surface area contributed by atoms with Crippen LogP contribution < -0.4 is 23.6 Å². The minimum atomic E-state index is -3.73. The van der Waals surface area contributed by atoms with Crippen molar-refractivity contribution >= 4 is 180 Å². The lowest BCUT2D eigenvalue weighted by molar-refractivity contribution is 0.524. The van der Waals surface area contributed by atoms with Crippen LogP contribution in [-0.4, -0.2) is 89.8 Å². The number of nitrogens with zero attached hydrogens (tertiary/aromatic N) is 10. The quantitative estimate of drug-likeness (QED) is 0.0421. The number of aromatic nitrogens is 10. The van der Waals surface area contributed by atoms with Gasteiger partial charge in [0, 0.05) is 53.3 Å². The lowest BCUT2D eigenvalue weighted by atomic mass is 10.1. The second-order valence-corrected chi connectivity index (χ2v) is 41.2. The van der Waals surface area contributed by atoms with Gasteiger partial charge in [0.1, 0.15) is 29.1 Å². The van der Waals surface area contributed by atoms with Gasteiger partial charge in [0.25, 0.3) is 50.1 Å². The van der Waals surface area contributed by atoms with Gasteiger partial charge in [-0.2, -0.15) is 0 Å². The maximum absolute atomic E-state index is 12.8. The molecule has 0 unspecified atom stereocenters. The molecule has 0 spiro atoms. The van der Waals surface area contributed by atoms with Gasteiger partial charge in [0.2, 0.25) is 0 Å². The number of fused-ring (bicyclic) bond motifs is 5. The number of hydrogen-bond donors (Lipinski definition) is 5. The highest BCUT2D eigenvalue weighted by Crippen LogP contribution is 2.35. The van der Waals surface area contributed by atoms with Crippen molar-refractivity contribution in [3.8, 4) is 11.1 Å². The highest BCUT2D eigenvalue weighted by molar-refractivity contribution is 7.94. The van der Waals surface area contributed by atoms with Gasteiger partial charge in [-0.1, -0.05) is 141 Å². The van der Waals surface area contributed by atoms with Gasteiger partial charge < -0.3 is 22.8 Å². The number of imidazole rings is 5. The standard InChI is InChI=1S/C21H19N3O2S.2C19H22ClN3O2S.2C17H18ClN3O2S/c1-15-22-20-14-18(10-13-21(20)24(15)2)23-27(25,26)19-11-8-17(9-12-19)16-6-4-3-5-7-16;1-12(2)11-23-14(4)21-17-10-15(8-9-18(17)23)22-26(24,25)19-7-5-6-16(20)13(19)3;1-12(2)11-23-14(4)21-17-9-8-15(10-18(17)23)22-26(24,25)19-7-5-6-16(20)13(19)3;1-4-21-12(3)19-15-10-13(8-9-16(15)21)20-24(22,23)17-7-5-6-14(18)11(17)2;1-4-21-12(3)19-15-9-8-13(10-16(15)21)20-24(22,23)17-7-5-6-14(18)11(17)2/h3-14,23H,1-2H3;2*5-10,12,22H,11H2,1-4H3;2*5-10,20H,4H2,1-3H3. The molecule has 11 aromatic carbocycles. The molecule has 5 heterocycles. The molecule has 5 aromatic heterocycles. The van der Waals surface area contributed by atoms with Crippen molar-refractivity contribution in [3.05, 3.63) is 290 Å². The molecular weight excluding hydrogens is 1790 g/mol. The van der Waals surface area contributed by atoms with Crippen LogP contribution >= 0.6 is 46.4 Å². The van der Waals surface area contributed by atoms with Gasteiger partial charge >= 0.3 is 0 Å². The van der Waals surface area contributed by atoms with Crippen LogP contribution in [-0.2, 0) is 83.3 Å². The number of halogens is 4. The smallest absolute Gasteiger partial charge is 0.262 e. The molecule has 5 N–H and O–H groups in total. The fraction of sp³-hybridized carbons (Fsp3) is 0.237. The van der Waals surface area contributed by atoms with Crippen molar-refractivity contribution in [2.45, 2.75) is 155 Å². The van der Waals surface area contributed by atoms with Crippen LogP contribution in [0.1, 0.15) is 92.9 Å². The summed E-state index contributed by atoms with van der Waals surface area (Å²) in [7, 11) is -16.6. The van der Waals surface area contributed by atoms with Crippen molar-refractivity contribution in [2.24, 2.45) is 18.9 Å². The third kappa shape index (κ3) is 21.8. The monoisotopic (exact) mass is 1890 g/mol. The molecule has 0 aliphatic rings. The normalized spacial score (nSPS) is 11.9. The zero-order valence-electron chi connectivity index (χ0n) is 72.9. The Morgan fingerprint density at radius 1 is 0.291 bits per heavy atom. The largest absolute Gasteiger partial charge is 0.331 e. The van der Waals surface area contributed by atoms with E-state index in [9.17, 15) is 42.1 Å². The molecule has 0 saturated heterocycles. The van der Waals surface area contributed by atoms with Gasteiger partial charge in [-0.15, -0.1) is 0 Å². The summed E-state index contributed by atoms with van der Waals surface area (Å²) in [6.45, 7) is 32.4. The lowest BCUT2D eigenvalue weighted by Gasteiger charge is -2.13. The van der Waals surface area contributed by atoms with E-state index in [-0.39, 0.29) is 24.5 Å². The first kappa shape index (κ1) is 94.8. The van der Waals surface area contributed by atoms with Crippen LogP contribution in [0.4, 0.5) is 28.4 Å². The Morgan fingerprint density at radius 3 is 0.945 bits per heavy atom. The number of anilines is 5. The third-order valence-corrected chi connectivity index (χ3v) is 30.3. The Hall–Kier alpha value is -11.3. The van der Waals surface area contributed by atoms with Crippen LogP contribution in [0.25, 0.3) is 66.3 Å². The molecule has 0 bridgehead atoms. The molecule has 25 nitrogen and oxygen atoms in total. The summed E-state index contributed by atoms with van der Waals surface area (Å²) in [5.74, 6) is 5.47. The molecule has 34 heteroatoms. The fourth-order valence-corrected chi connectivity index (χ4v) is 21.9. The van der Waals surface area contributed by atoms with E-state index in [1.165, 1.54) is 6.07 Å². The van der Waals surface area contributed by atoms with Crippen molar-refractivity contribution in [2.75, 3.05) is 23.6 Å². The van der Waals surface area contributed by atoms with Crippen LogP contribution in [0.2, 0.25) is 20.1 Å². The summed E-state index contributed by atoms with van der Waals surface area (Å²) >= 11 is 24.2. The maximum atomic E-state index is 12.8. The zero-order valence-corrected chi connectivity index (χ0v) is 80.0. The average molecular weight is 1890 g/mol. The summed E-state index contributed by atoms with van der Waals surface area (Å²) in [5, 5.41) is 1.69. The molecule has 127 heavy (non-hydrogen) atoms. The van der Waals surface area contributed by atoms with E-state index < -0.39 is 50.1 Å². The van der Waals surface area contributed by atoms with Crippen molar-refractivity contribution in [3.63, 3.8) is 0 Å². The Morgan fingerprint density at radius 2 is 0.575 bits per heavy atom. The molecule has 0 radical (unpaired) electrons. The van der Waals surface area contributed by atoms with E-state index in [0.717, 1.165) is 122 Å². The van der Waals surface area contributed by atoms with E-state index in [2.05, 4.69) is 89.9 Å². The Labute approximate surface area is 761 Å². The maximum Gasteiger partial charge on any atom is 0.262 e. The van der Waals surface area contributed by atoms with Crippen LogP contribution in [0.3, 0.4) is 0 Å². The molecule has 664 valence electrons. The topological polar surface area (TPSA) is 320 Å². The van der Waals surface area contributed by atoms with Crippen LogP contribution in [0.5, 0.6) is 0 Å². The third-order valence-electron chi connectivity index (χ3n) is 21.2. The van der Waals surface area contributed by atoms with Gasteiger partial charge in [-0.05, 0) is 273 Å². The average Bonchev–Trinajstić information content (AvgIpc) is 1.61. The molecule has 16 rings (SSSR count). The summed E-state index contributed by atoms with van der Waals surface area (Å²) in [4.78, 5) is 23.5. The molecule has 16 aromatic rings. The molecule has 0 aliphatic carbocycles. The van der Waals surface area contributed by atoms with Gasteiger partial charge in [0.15, 0.2) is 0 Å². The van der Waals surface area contributed by atoms with E-state index in [1.54, 1.807) is 161 Å². The highest BCUT2D eigenvalue weighted by atomic mass is 35.5. The van der Waals surface area contributed by atoms with Crippen molar-refractivity contribution in [1.29, 1.82) is 0 Å². The number of benzene rings is 11. The zero-order chi connectivity index (χ0) is 92.1. The second kappa shape index (κ2) is 39.1. The van der Waals surface area contributed by atoms with Gasteiger partial charge in [0.05, 0.1) is 108 Å². The Kier molecular flexibility index (Phi) is 29.2. The molecular formula is C93H99Cl4N15O10S5. The first-order valence-electron chi connectivity index (χ1n) is 40.6. The lowest BCUT2D eigenvalue weighted by Crippen LogP contribution is -2.14. The molecule has 0 amide bonds. The van der Waals surface area contributed by atoms with Crippen LogP contribution in [0.15, 0.2) is 243 Å². The van der Waals surface area contributed by atoms with E-state index in [4.69, 9.17) is 46.4 Å². The second-order valence-electron chi connectivity index (χ2n) is 31.2. The summed E-state index contributed by atoms with van der Waals surface area (Å²) < 4.78 is 151. The number of nitrogens with one attached hydrogen (secondary N) is 5. The minimum absolute atomic E-state index is 0.172. The summed E-state index contributed by atoms with van der Waals surface area (Å²) in [6.07, 6.45) is 0. The SMILES string of the molecule is CCn1c(C)nc2cc(NS(=O)(=O)c3cccc(Cl)c3C)ccc21.CCn1c(C)nc2ccc(NS(=O)(=O)c3cccc(Cl)c3C)cc21.Cc1c(Cl)cccc1S(=O)(=O)Nc1ccc2c(c1)nc(C)n2CC(C)C.Cc1c(Cl)cccc1S(=O)(=O)Nc1ccc2nc(C)n(CC(C)C)c2c1.Cc1nc2cc(NS(=O)(=O)c3ccc(-c4ccccc4)cc3)ccc2n1C. The molecule has 0 fully saturated rings. The van der Waals surface area contributed by atoms with E-state index >= 15 is 0 Å². The van der Waals surface area contributed by atoms with Gasteiger partial charge in [-0.3, -0.25) is 23.6 Å². The van der Waals surface area contributed by atoms with E-state index in [1.807, 2.05) is 144 Å². The van der Waals surface area contributed by atoms with Crippen molar-refractivity contribution in [1.82, 2.24) is 47.8 Å². The number of hydrogen-bond acceptors (Lipinski definition) is 15. The first-order valence-corrected chi connectivity index (χ1v) is 49.5. The predicted octanol–water partition coefficient (Wildman–Crippen LogP) is 22.1. The summed E-state index contributed by atoms with van der Waals surface area (Å²) in [5.41, 5.74) is 15.3. The highest BCUT2D eigenvalue weighted by Gasteiger charge is 2.26. The predicted molar refractivity (Wildman–Crippen MR) is 515 cm³/mol. The molecule has 0 atom stereocenters. The van der Waals surface area contributed by atoms with Crippen molar-refractivity contribution < 1.29 is 42.1 Å². The Balaban J connectivity index is 0.000000144. The fourth-order valence-electron chi connectivity index (χ4n) is 14.6. The minimum Gasteiger partial charge on any atom is -0.331 e. The molecule has 0 aliphatic heterocycles. The number of aryl methyl sites for hydroxylation is 8. The Bertz CT molecular complexity index is 7450. The van der Waals surface area contributed by atoms with Gasteiger partial charge in [-0.25, -0.2) is 67.0 Å². The first-order chi connectivity index (χ1) is 60.0. The molecule has 0 saturated carbocycles. The summed E-state index contributed by atoms with van der Waals surface area (Å²) in [6, 6.07) is 63.0.